The summed E-state index contributed by atoms with van der Waals surface area (Å²) in [5.41, 5.74) is 3.31. The quantitative estimate of drug-likeness (QED) is 0.414. The number of Topliss-reactive ketones (excluding diaryl/α,β-unsaturated/α-hetero) is 1. The first kappa shape index (κ1) is 25.6. The molecule has 0 amide bonds. The maximum absolute atomic E-state index is 13.3. The van der Waals surface area contributed by atoms with Crippen LogP contribution in [0.2, 0.25) is 36.3 Å². The van der Waals surface area contributed by atoms with Crippen molar-refractivity contribution in [2.75, 3.05) is 0 Å². The molecule has 0 aliphatic heterocycles. The van der Waals surface area contributed by atoms with Crippen LogP contribution in [0.1, 0.15) is 66.4 Å². The molecule has 1 saturated carbocycles. The molecule has 0 saturated heterocycles. The van der Waals surface area contributed by atoms with Gasteiger partial charge in [-0.25, -0.2) is 0 Å². The molecule has 2 aliphatic carbocycles. The molecule has 0 aromatic heterocycles. The van der Waals surface area contributed by atoms with Crippen LogP contribution >= 0.6 is 0 Å². The fraction of sp³-hybridized carbons (Fsp3) is 0.667. The average Bonchev–Trinajstić information content (AvgIpc) is 2.98. The number of rotatable bonds is 5. The van der Waals surface area contributed by atoms with E-state index in [0.717, 1.165) is 24.0 Å². The Bertz CT molecular complexity index is 872. The van der Waals surface area contributed by atoms with Gasteiger partial charge < -0.3 is 8.85 Å². The van der Waals surface area contributed by atoms with Gasteiger partial charge in [-0.05, 0) is 54.7 Å². The van der Waals surface area contributed by atoms with Gasteiger partial charge in [0, 0.05) is 17.9 Å². The third kappa shape index (κ3) is 4.91. The Balaban J connectivity index is 2.02. The Morgan fingerprint density at radius 3 is 1.91 bits per heavy atom. The first-order valence-electron chi connectivity index (χ1n) is 12.2. The minimum Gasteiger partial charge on any atom is -0.411 e. The van der Waals surface area contributed by atoms with Crippen LogP contribution in [0.25, 0.3) is 5.57 Å². The Hall–Kier alpha value is -1.02. The monoisotopic (exact) mass is 472 g/mol. The van der Waals surface area contributed by atoms with Gasteiger partial charge in [0.05, 0.1) is 12.2 Å². The van der Waals surface area contributed by atoms with Crippen molar-refractivity contribution >= 4 is 28.0 Å². The standard InChI is InChI=1S/C27H44O3Si2/c1-26(2,3)31(7,8)29-23-17-16-20-21(25(23)30-32(9,10)27(4,5)6)18-22(28)24(20)19-14-12-11-13-15-19/h11-15,21,23,25H,16-18H2,1-10H3/t21-,23+,25+/m1/s1. The molecule has 0 radical (unpaired) electrons. The molecule has 0 unspecified atom stereocenters. The predicted molar refractivity (Wildman–Crippen MR) is 140 cm³/mol. The van der Waals surface area contributed by atoms with E-state index in [1.54, 1.807) is 0 Å². The van der Waals surface area contributed by atoms with E-state index in [-0.39, 0.29) is 34.0 Å². The zero-order valence-electron chi connectivity index (χ0n) is 22.0. The summed E-state index contributed by atoms with van der Waals surface area (Å²) >= 11 is 0. The van der Waals surface area contributed by atoms with E-state index in [1.165, 1.54) is 5.57 Å². The van der Waals surface area contributed by atoms with E-state index in [1.807, 2.05) is 18.2 Å². The van der Waals surface area contributed by atoms with Crippen LogP contribution in [0, 0.1) is 5.92 Å². The zero-order chi connectivity index (χ0) is 24.1. The van der Waals surface area contributed by atoms with E-state index < -0.39 is 16.6 Å². The van der Waals surface area contributed by atoms with Gasteiger partial charge in [-0.2, -0.15) is 0 Å². The van der Waals surface area contributed by atoms with Crippen LogP contribution in [0.3, 0.4) is 0 Å². The lowest BCUT2D eigenvalue weighted by Crippen LogP contribution is -2.55. The first-order valence-corrected chi connectivity index (χ1v) is 18.0. The van der Waals surface area contributed by atoms with E-state index >= 15 is 0 Å². The van der Waals surface area contributed by atoms with Gasteiger partial charge in [-0.3, -0.25) is 4.79 Å². The smallest absolute Gasteiger partial charge is 0.192 e. The van der Waals surface area contributed by atoms with Crippen LogP contribution in [0.5, 0.6) is 0 Å². The third-order valence-electron chi connectivity index (χ3n) is 8.47. The van der Waals surface area contributed by atoms with Gasteiger partial charge >= 0.3 is 0 Å². The molecule has 3 rings (SSSR count). The molecular formula is C27H44O3Si2. The highest BCUT2D eigenvalue weighted by molar-refractivity contribution is 6.74. The number of hydrogen-bond acceptors (Lipinski definition) is 3. The van der Waals surface area contributed by atoms with Crippen LogP contribution in [0.4, 0.5) is 0 Å². The fourth-order valence-electron chi connectivity index (χ4n) is 4.44. The molecule has 3 atom stereocenters. The van der Waals surface area contributed by atoms with Crippen molar-refractivity contribution in [3.63, 3.8) is 0 Å². The largest absolute Gasteiger partial charge is 0.411 e. The summed E-state index contributed by atoms with van der Waals surface area (Å²) in [5, 5.41) is 0.256. The summed E-state index contributed by atoms with van der Waals surface area (Å²) in [6, 6.07) is 10.2. The SMILES string of the molecule is CC(C)(C)[Si](C)(C)O[C@@H]1[C@@H](O[Si](C)(C)C(C)(C)C)CCC2=C(c3ccccc3)C(=O)C[C@H]21. The molecule has 2 aliphatic rings. The number of ketones is 1. The normalized spacial score (nSPS) is 25.3. The van der Waals surface area contributed by atoms with Crippen molar-refractivity contribution in [3.8, 4) is 0 Å². The topological polar surface area (TPSA) is 35.5 Å². The predicted octanol–water partition coefficient (Wildman–Crippen LogP) is 7.60. The maximum Gasteiger partial charge on any atom is 0.192 e. The van der Waals surface area contributed by atoms with Gasteiger partial charge in [-0.1, -0.05) is 77.4 Å². The molecule has 0 N–H and O–H groups in total. The first-order chi connectivity index (χ1) is 14.6. The summed E-state index contributed by atoms with van der Waals surface area (Å²) in [5.74, 6) is 0.406. The molecule has 1 fully saturated rings. The van der Waals surface area contributed by atoms with Crippen molar-refractivity contribution < 1.29 is 13.6 Å². The van der Waals surface area contributed by atoms with Crippen molar-refractivity contribution in [2.24, 2.45) is 5.92 Å². The minimum atomic E-state index is -2.04. The van der Waals surface area contributed by atoms with Crippen LogP contribution in [0.15, 0.2) is 35.9 Å². The molecule has 32 heavy (non-hydrogen) atoms. The number of benzene rings is 1. The third-order valence-corrected chi connectivity index (χ3v) is 17.4. The maximum atomic E-state index is 13.3. The molecule has 0 heterocycles. The van der Waals surface area contributed by atoms with Crippen molar-refractivity contribution in [2.45, 2.75) is 109 Å². The zero-order valence-corrected chi connectivity index (χ0v) is 24.0. The highest BCUT2D eigenvalue weighted by Gasteiger charge is 2.51. The summed E-state index contributed by atoms with van der Waals surface area (Å²) in [6.45, 7) is 23.1. The van der Waals surface area contributed by atoms with E-state index in [0.29, 0.717) is 6.42 Å². The van der Waals surface area contributed by atoms with E-state index in [4.69, 9.17) is 8.85 Å². The van der Waals surface area contributed by atoms with E-state index in [9.17, 15) is 4.79 Å². The Morgan fingerprint density at radius 1 is 0.844 bits per heavy atom. The van der Waals surface area contributed by atoms with Gasteiger partial charge in [0.1, 0.15) is 0 Å². The van der Waals surface area contributed by atoms with Gasteiger partial charge in [0.15, 0.2) is 22.4 Å². The Kier molecular flexibility index (Phi) is 6.92. The van der Waals surface area contributed by atoms with Crippen LogP contribution < -0.4 is 0 Å². The summed E-state index contributed by atoms with van der Waals surface area (Å²) in [6.07, 6.45) is 2.43. The second-order valence-corrected chi connectivity index (χ2v) is 22.3. The minimum absolute atomic E-state index is 0.0427. The summed E-state index contributed by atoms with van der Waals surface area (Å²) in [7, 11) is -4.00. The lowest BCUT2D eigenvalue weighted by molar-refractivity contribution is -0.114. The highest BCUT2D eigenvalue weighted by atomic mass is 28.4. The number of carbonyl (C=O) groups excluding carboxylic acids is 1. The van der Waals surface area contributed by atoms with Crippen LogP contribution in [-0.4, -0.2) is 34.6 Å². The van der Waals surface area contributed by atoms with Crippen molar-refractivity contribution in [3.05, 3.63) is 41.5 Å². The summed E-state index contributed by atoms with van der Waals surface area (Å²) in [4.78, 5) is 13.3. The molecule has 1 aromatic rings. The number of allylic oxidation sites excluding steroid dienone is 1. The molecule has 3 nitrogen and oxygen atoms in total. The van der Waals surface area contributed by atoms with E-state index in [2.05, 4.69) is 79.9 Å². The number of fused-ring (bicyclic) bond motifs is 1. The number of hydrogen-bond donors (Lipinski definition) is 0. The van der Waals surface area contributed by atoms with Gasteiger partial charge in [0.2, 0.25) is 0 Å². The second kappa shape index (κ2) is 8.64. The second-order valence-electron chi connectivity index (χ2n) is 12.8. The molecule has 0 bridgehead atoms. The fourth-order valence-corrected chi connectivity index (χ4v) is 7.16. The molecule has 0 spiro atoms. The molecule has 178 valence electrons. The lowest BCUT2D eigenvalue weighted by Gasteiger charge is -2.49. The van der Waals surface area contributed by atoms with Crippen molar-refractivity contribution in [1.29, 1.82) is 0 Å². The molecule has 5 heteroatoms. The molecule has 1 aromatic carbocycles. The molecular weight excluding hydrogens is 428 g/mol. The summed E-state index contributed by atoms with van der Waals surface area (Å²) < 4.78 is 14.1. The van der Waals surface area contributed by atoms with Gasteiger partial charge in [0.25, 0.3) is 0 Å². The Morgan fingerprint density at radius 2 is 1.38 bits per heavy atom. The van der Waals surface area contributed by atoms with Crippen LogP contribution in [-0.2, 0) is 13.6 Å². The average molecular weight is 473 g/mol. The Labute approximate surface area is 198 Å². The lowest BCUT2D eigenvalue weighted by atomic mass is 9.80. The van der Waals surface area contributed by atoms with Crippen molar-refractivity contribution in [1.82, 2.24) is 0 Å². The number of carbonyl (C=O) groups is 1. The van der Waals surface area contributed by atoms with Gasteiger partial charge in [-0.15, -0.1) is 0 Å². The highest BCUT2D eigenvalue weighted by Crippen LogP contribution is 2.50.